The first-order valence-electron chi connectivity index (χ1n) is 15.3. The Labute approximate surface area is 263 Å². The van der Waals surface area contributed by atoms with E-state index in [2.05, 4.69) is 11.1 Å². The second-order valence-electron chi connectivity index (χ2n) is 11.9. The molecule has 1 fully saturated rings. The maximum absolute atomic E-state index is 13.0. The van der Waals surface area contributed by atoms with E-state index in [1.165, 1.54) is 0 Å². The zero-order chi connectivity index (χ0) is 31.3. The van der Waals surface area contributed by atoms with Crippen LogP contribution in [0.1, 0.15) is 51.1 Å². The number of aromatic nitrogens is 2. The first-order chi connectivity index (χ1) is 21.8. The normalized spacial score (nSPS) is 14.0. The third-order valence-corrected chi connectivity index (χ3v) is 8.10. The van der Waals surface area contributed by atoms with E-state index in [1.54, 1.807) is 30.6 Å². The van der Waals surface area contributed by atoms with Crippen LogP contribution in [0.4, 0.5) is 5.69 Å². The van der Waals surface area contributed by atoms with Gasteiger partial charge in [0, 0.05) is 97.1 Å². The van der Waals surface area contributed by atoms with Gasteiger partial charge in [-0.05, 0) is 61.5 Å². The van der Waals surface area contributed by atoms with Crippen LogP contribution in [0.25, 0.3) is 11.1 Å². The largest absolute Gasteiger partial charge is 0.488 e. The van der Waals surface area contributed by atoms with Gasteiger partial charge in [-0.1, -0.05) is 36.4 Å². The number of rotatable bonds is 11. The van der Waals surface area contributed by atoms with E-state index < -0.39 is 0 Å². The summed E-state index contributed by atoms with van der Waals surface area (Å²) in [7, 11) is 3.91. The van der Waals surface area contributed by atoms with Gasteiger partial charge < -0.3 is 14.5 Å². The fraction of sp³-hybridized carbons (Fsp3) is 0.270. The van der Waals surface area contributed by atoms with Crippen LogP contribution in [-0.4, -0.2) is 59.5 Å². The van der Waals surface area contributed by atoms with Crippen LogP contribution in [0.2, 0.25) is 0 Å². The smallest absolute Gasteiger partial charge is 0.227 e. The van der Waals surface area contributed by atoms with Crippen molar-refractivity contribution in [3.05, 3.63) is 119 Å². The summed E-state index contributed by atoms with van der Waals surface area (Å²) < 4.78 is 6.11. The van der Waals surface area contributed by atoms with Gasteiger partial charge in [-0.25, -0.2) is 0 Å². The molecule has 45 heavy (non-hydrogen) atoms. The van der Waals surface area contributed by atoms with E-state index in [0.29, 0.717) is 38.0 Å². The average molecular weight is 601 g/mol. The monoisotopic (exact) mass is 600 g/mol. The number of amides is 1. The zero-order valence-corrected chi connectivity index (χ0v) is 25.7. The second-order valence-corrected chi connectivity index (χ2v) is 11.9. The lowest BCUT2D eigenvalue weighted by Crippen LogP contribution is -2.23. The molecule has 0 N–H and O–H groups in total. The number of carbonyl (C=O) groups is 3. The SMILES string of the molecule is CN(C)C/C=C/C(=O)Cc1ccc(C(=O)Cc2cncc(Cc3cc4c(cn3)-c3ccc(N5CCCC5=O)cc3OC4)c2)cc1. The van der Waals surface area contributed by atoms with E-state index in [-0.39, 0.29) is 23.9 Å². The highest BCUT2D eigenvalue weighted by Gasteiger charge is 2.25. The predicted molar refractivity (Wildman–Crippen MR) is 174 cm³/mol. The quantitative estimate of drug-likeness (QED) is 0.168. The van der Waals surface area contributed by atoms with E-state index in [0.717, 1.165) is 63.5 Å². The van der Waals surface area contributed by atoms with Gasteiger partial charge in [-0.3, -0.25) is 24.4 Å². The summed E-state index contributed by atoms with van der Waals surface area (Å²) in [6.07, 6.45) is 11.5. The van der Waals surface area contributed by atoms with Crippen LogP contribution in [0, 0.1) is 0 Å². The molecule has 0 unspecified atom stereocenters. The van der Waals surface area contributed by atoms with Crippen molar-refractivity contribution in [2.45, 2.75) is 38.7 Å². The van der Waals surface area contributed by atoms with E-state index >= 15 is 0 Å². The number of hydrogen-bond donors (Lipinski definition) is 0. The molecule has 2 aromatic heterocycles. The highest BCUT2D eigenvalue weighted by molar-refractivity contribution is 5.98. The molecular formula is C37H36N4O4. The number of benzene rings is 2. The summed E-state index contributed by atoms with van der Waals surface area (Å²) in [5.74, 6) is 0.961. The third kappa shape index (κ3) is 7.24. The van der Waals surface area contributed by atoms with Crippen molar-refractivity contribution in [1.29, 1.82) is 0 Å². The number of hydrogen-bond acceptors (Lipinski definition) is 7. The second kappa shape index (κ2) is 13.4. The lowest BCUT2D eigenvalue weighted by molar-refractivity contribution is -0.117. The summed E-state index contributed by atoms with van der Waals surface area (Å²) in [5.41, 5.74) is 8.14. The number of nitrogens with zero attached hydrogens (tertiary/aromatic N) is 4. The van der Waals surface area contributed by atoms with Crippen molar-refractivity contribution >= 4 is 23.2 Å². The number of pyridine rings is 2. The summed E-state index contributed by atoms with van der Waals surface area (Å²) in [5, 5.41) is 0. The van der Waals surface area contributed by atoms with Crippen LogP contribution in [0.3, 0.4) is 0 Å². The van der Waals surface area contributed by atoms with Gasteiger partial charge in [-0.15, -0.1) is 0 Å². The molecular weight excluding hydrogens is 564 g/mol. The summed E-state index contributed by atoms with van der Waals surface area (Å²) >= 11 is 0. The first-order valence-corrected chi connectivity index (χ1v) is 15.3. The zero-order valence-electron chi connectivity index (χ0n) is 25.7. The Morgan fingerprint density at radius 2 is 1.76 bits per heavy atom. The van der Waals surface area contributed by atoms with Crippen molar-refractivity contribution in [2.24, 2.45) is 0 Å². The maximum atomic E-state index is 13.0. The Balaban J connectivity index is 1.08. The molecule has 6 rings (SSSR count). The average Bonchev–Trinajstić information content (AvgIpc) is 3.46. The number of likely N-dealkylation sites (N-methyl/N-ethyl adjacent to an activating group) is 1. The molecule has 0 aliphatic carbocycles. The molecule has 1 saturated heterocycles. The third-order valence-electron chi connectivity index (χ3n) is 8.10. The molecule has 228 valence electrons. The summed E-state index contributed by atoms with van der Waals surface area (Å²) in [6.45, 7) is 1.89. The van der Waals surface area contributed by atoms with Crippen LogP contribution < -0.4 is 9.64 Å². The van der Waals surface area contributed by atoms with Gasteiger partial charge in [0.25, 0.3) is 0 Å². The van der Waals surface area contributed by atoms with Crippen LogP contribution >= 0.6 is 0 Å². The van der Waals surface area contributed by atoms with Crippen molar-refractivity contribution < 1.29 is 19.1 Å². The molecule has 0 bridgehead atoms. The number of fused-ring (bicyclic) bond motifs is 3. The van der Waals surface area contributed by atoms with Gasteiger partial charge in [0.2, 0.25) is 5.91 Å². The van der Waals surface area contributed by atoms with E-state index in [1.807, 2.05) is 72.6 Å². The standard InChI is InChI=1S/C37H36N4O4/c1-40(2)13-3-5-32(42)17-25-7-9-28(10-8-25)35(43)18-27-15-26(21-38-22-27)16-30-19-29-24-45-36-20-31(41-14-4-6-37(41)44)11-12-33(36)34(29)23-39-30/h3,5,7-12,15,19-23H,4,6,13-14,16-18,24H2,1-2H3/b5-3+. The number of ether oxygens (including phenoxy) is 1. The van der Waals surface area contributed by atoms with Crippen molar-refractivity contribution in [3.8, 4) is 16.9 Å². The molecule has 8 nitrogen and oxygen atoms in total. The summed E-state index contributed by atoms with van der Waals surface area (Å²) in [4.78, 5) is 50.4. The number of Topliss-reactive ketones (excluding diaryl/α,β-unsaturated/α-hetero) is 1. The molecule has 2 aliphatic rings. The number of anilines is 1. The predicted octanol–water partition coefficient (Wildman–Crippen LogP) is 5.41. The van der Waals surface area contributed by atoms with Crippen LogP contribution in [-0.2, 0) is 35.5 Å². The topological polar surface area (TPSA) is 92.7 Å². The van der Waals surface area contributed by atoms with Crippen LogP contribution in [0.15, 0.2) is 85.3 Å². The Morgan fingerprint density at radius 1 is 0.933 bits per heavy atom. The molecule has 0 spiro atoms. The first kappa shape index (κ1) is 30.1. The minimum absolute atomic E-state index is 0.00215. The Bertz CT molecular complexity index is 1780. The lowest BCUT2D eigenvalue weighted by atomic mass is 9.96. The highest BCUT2D eigenvalue weighted by atomic mass is 16.5. The van der Waals surface area contributed by atoms with Gasteiger partial charge >= 0.3 is 0 Å². The Kier molecular flexibility index (Phi) is 8.93. The molecule has 1 amide bonds. The van der Waals surface area contributed by atoms with Crippen LogP contribution in [0.5, 0.6) is 5.75 Å². The Hall–Kier alpha value is -4.95. The molecule has 8 heteroatoms. The number of allylic oxidation sites excluding steroid dienone is 1. The lowest BCUT2D eigenvalue weighted by Gasteiger charge is -2.24. The minimum Gasteiger partial charge on any atom is -0.488 e. The van der Waals surface area contributed by atoms with Gasteiger partial charge in [0.15, 0.2) is 11.6 Å². The van der Waals surface area contributed by atoms with E-state index in [4.69, 9.17) is 9.72 Å². The molecule has 0 saturated carbocycles. The molecule has 4 aromatic rings. The molecule has 0 radical (unpaired) electrons. The molecule has 0 atom stereocenters. The fourth-order valence-electron chi connectivity index (χ4n) is 5.80. The van der Waals surface area contributed by atoms with Crippen molar-refractivity contribution in [3.63, 3.8) is 0 Å². The Morgan fingerprint density at radius 3 is 2.53 bits per heavy atom. The molecule has 2 aliphatic heterocycles. The van der Waals surface area contributed by atoms with Gasteiger partial charge in [-0.2, -0.15) is 0 Å². The van der Waals surface area contributed by atoms with Crippen molar-refractivity contribution in [1.82, 2.24) is 14.9 Å². The maximum Gasteiger partial charge on any atom is 0.227 e. The molecule has 2 aromatic carbocycles. The highest BCUT2D eigenvalue weighted by Crippen LogP contribution is 2.40. The fourth-order valence-corrected chi connectivity index (χ4v) is 5.80. The number of ketones is 2. The van der Waals surface area contributed by atoms with Gasteiger partial charge in [0.05, 0.1) is 0 Å². The molecule has 4 heterocycles. The van der Waals surface area contributed by atoms with E-state index in [9.17, 15) is 14.4 Å². The van der Waals surface area contributed by atoms with Crippen molar-refractivity contribution in [2.75, 3.05) is 32.1 Å². The minimum atomic E-state index is -0.00215. The summed E-state index contributed by atoms with van der Waals surface area (Å²) in [6, 6.07) is 17.3. The number of carbonyl (C=O) groups excluding carboxylic acids is 3. The van der Waals surface area contributed by atoms with Gasteiger partial charge in [0.1, 0.15) is 12.4 Å².